The largest absolute Gasteiger partial charge is 0.339 e. The zero-order valence-corrected chi connectivity index (χ0v) is 29.0. The third kappa shape index (κ3) is 17.6. The van der Waals surface area contributed by atoms with Gasteiger partial charge in [0.2, 0.25) is 5.95 Å². The van der Waals surface area contributed by atoms with E-state index in [9.17, 15) is 4.79 Å². The van der Waals surface area contributed by atoms with Crippen LogP contribution in [0, 0.1) is 11.8 Å². The normalized spacial score (nSPS) is 11.2. The summed E-state index contributed by atoms with van der Waals surface area (Å²) in [7, 11) is 7.98. The van der Waals surface area contributed by atoms with Gasteiger partial charge in [0.25, 0.3) is 5.91 Å². The van der Waals surface area contributed by atoms with Crippen LogP contribution in [0.2, 0.25) is 0 Å². The van der Waals surface area contributed by atoms with Crippen molar-refractivity contribution in [1.29, 1.82) is 0 Å². The Bertz CT molecular complexity index is 1110. The molecule has 1 aromatic heterocycles. The molecular formula is C35H61N5O2. The Kier molecular flexibility index (Phi) is 22.8. The van der Waals surface area contributed by atoms with E-state index >= 15 is 0 Å². The molecule has 0 spiro atoms. The van der Waals surface area contributed by atoms with Crippen molar-refractivity contribution in [2.24, 2.45) is 18.9 Å². The molecule has 7 nitrogen and oxygen atoms in total. The third-order valence-electron chi connectivity index (χ3n) is 5.83. The summed E-state index contributed by atoms with van der Waals surface area (Å²) < 4.78 is 2.00. The number of aryl methyl sites for hydroxylation is 1. The van der Waals surface area contributed by atoms with E-state index in [4.69, 9.17) is 9.78 Å². The summed E-state index contributed by atoms with van der Waals surface area (Å²) in [4.78, 5) is 31.0. The van der Waals surface area contributed by atoms with E-state index in [1.807, 2.05) is 107 Å². The van der Waals surface area contributed by atoms with Crippen molar-refractivity contribution >= 4 is 29.2 Å². The summed E-state index contributed by atoms with van der Waals surface area (Å²) in [6, 6.07) is 5.83. The maximum atomic E-state index is 13.4. The van der Waals surface area contributed by atoms with Gasteiger partial charge in [-0.3, -0.25) is 4.79 Å². The van der Waals surface area contributed by atoms with E-state index in [1.165, 1.54) is 6.92 Å². The van der Waals surface area contributed by atoms with Crippen LogP contribution in [0.25, 0.3) is 11.0 Å². The Labute approximate surface area is 257 Å². The SMILES string of the molecule is C=C/C(C)=C\C=C(/C)Nc1nc2ccc(C(=O)N(CCCC(C)C)CCC(C)C)cc2n1C.CC.CC=O.CN(C)C. The van der Waals surface area contributed by atoms with Gasteiger partial charge < -0.3 is 24.5 Å². The van der Waals surface area contributed by atoms with Crippen LogP contribution in [0.15, 0.2) is 54.3 Å². The summed E-state index contributed by atoms with van der Waals surface area (Å²) in [6.45, 7) is 23.7. The number of allylic oxidation sites excluding steroid dienone is 5. The number of fused-ring (bicyclic) bond motifs is 1. The second-order valence-corrected chi connectivity index (χ2v) is 11.4. The minimum absolute atomic E-state index is 0.109. The van der Waals surface area contributed by atoms with Crippen molar-refractivity contribution < 1.29 is 9.59 Å². The first kappa shape index (κ1) is 40.9. The van der Waals surface area contributed by atoms with Gasteiger partial charge in [0, 0.05) is 31.4 Å². The molecule has 1 amide bonds. The van der Waals surface area contributed by atoms with Gasteiger partial charge in [-0.15, -0.1) is 0 Å². The van der Waals surface area contributed by atoms with Crippen LogP contribution in [-0.4, -0.2) is 65.8 Å². The van der Waals surface area contributed by atoms with E-state index in [-0.39, 0.29) is 5.91 Å². The minimum Gasteiger partial charge on any atom is -0.339 e. The van der Waals surface area contributed by atoms with Crippen molar-refractivity contribution in [3.8, 4) is 0 Å². The average Bonchev–Trinajstić information content (AvgIpc) is 3.23. The summed E-state index contributed by atoms with van der Waals surface area (Å²) in [5, 5.41) is 3.36. The van der Waals surface area contributed by atoms with E-state index < -0.39 is 0 Å². The van der Waals surface area contributed by atoms with Crippen LogP contribution in [0.1, 0.15) is 91.9 Å². The molecule has 2 rings (SSSR count). The summed E-state index contributed by atoms with van der Waals surface area (Å²) in [5.41, 5.74) is 4.62. The molecule has 0 atom stereocenters. The van der Waals surface area contributed by atoms with Gasteiger partial charge >= 0.3 is 0 Å². The fraction of sp³-hybridized carbons (Fsp3) is 0.571. The second kappa shape index (κ2) is 23.4. The zero-order valence-electron chi connectivity index (χ0n) is 29.0. The first-order chi connectivity index (χ1) is 19.8. The van der Waals surface area contributed by atoms with Gasteiger partial charge in [0.05, 0.1) is 11.0 Å². The number of aldehydes is 1. The molecule has 0 saturated carbocycles. The quantitative estimate of drug-likeness (QED) is 0.201. The Morgan fingerprint density at radius 1 is 1.02 bits per heavy atom. The van der Waals surface area contributed by atoms with Crippen molar-refractivity contribution in [2.45, 2.75) is 81.6 Å². The third-order valence-corrected chi connectivity index (χ3v) is 5.83. The molecule has 1 aromatic carbocycles. The number of amides is 1. The molecule has 0 saturated heterocycles. The highest BCUT2D eigenvalue weighted by Gasteiger charge is 2.18. The molecule has 0 aliphatic carbocycles. The lowest BCUT2D eigenvalue weighted by molar-refractivity contribution is -0.106. The smallest absolute Gasteiger partial charge is 0.253 e. The van der Waals surface area contributed by atoms with Crippen molar-refractivity contribution in [3.05, 3.63) is 59.8 Å². The summed E-state index contributed by atoms with van der Waals surface area (Å²) >= 11 is 0. The highest BCUT2D eigenvalue weighted by Crippen LogP contribution is 2.22. The van der Waals surface area contributed by atoms with Crippen LogP contribution < -0.4 is 5.32 Å². The number of benzene rings is 1. The fourth-order valence-electron chi connectivity index (χ4n) is 3.58. The lowest BCUT2D eigenvalue weighted by Crippen LogP contribution is -2.33. The fourth-order valence-corrected chi connectivity index (χ4v) is 3.58. The molecule has 1 heterocycles. The predicted octanol–water partition coefficient (Wildman–Crippen LogP) is 8.36. The Hall–Kier alpha value is -3.19. The van der Waals surface area contributed by atoms with E-state index in [0.717, 1.165) is 72.5 Å². The van der Waals surface area contributed by atoms with Crippen LogP contribution in [-0.2, 0) is 11.8 Å². The monoisotopic (exact) mass is 583 g/mol. The first-order valence-electron chi connectivity index (χ1n) is 15.3. The van der Waals surface area contributed by atoms with Crippen LogP contribution in [0.3, 0.4) is 0 Å². The Morgan fingerprint density at radius 2 is 1.57 bits per heavy atom. The van der Waals surface area contributed by atoms with E-state index in [0.29, 0.717) is 11.8 Å². The molecule has 0 radical (unpaired) electrons. The number of hydrogen-bond donors (Lipinski definition) is 1. The van der Waals surface area contributed by atoms with Gasteiger partial charge in [0.1, 0.15) is 6.29 Å². The highest BCUT2D eigenvalue weighted by molar-refractivity contribution is 5.97. The number of anilines is 1. The topological polar surface area (TPSA) is 70.5 Å². The standard InChI is InChI=1S/C28H42N4O.C3H9N.C2H4O.C2H6/c1-9-22(6)12-13-23(7)29-28-30-25-15-14-24(19-26(25)31(28)8)27(33)32(18-16-21(4)5)17-10-11-20(2)3;1-4(2)3;1-2-3;1-2/h9,12-15,19-21H,1,10-11,16-18H2,2-8H3,(H,29,30);1-3H3;2H,1H3;1-2H3/b22-12-,23-13+;;;. The molecule has 0 bridgehead atoms. The molecule has 1 N–H and O–H groups in total. The zero-order chi connectivity index (χ0) is 32.8. The molecule has 0 fully saturated rings. The molecule has 0 aliphatic rings. The predicted molar refractivity (Wildman–Crippen MR) is 184 cm³/mol. The molecule has 42 heavy (non-hydrogen) atoms. The average molecular weight is 584 g/mol. The van der Waals surface area contributed by atoms with Gasteiger partial charge in [-0.1, -0.05) is 65.8 Å². The molecular weight excluding hydrogens is 522 g/mol. The number of aromatic nitrogens is 2. The van der Waals surface area contributed by atoms with Gasteiger partial charge in [-0.25, -0.2) is 4.98 Å². The first-order valence-corrected chi connectivity index (χ1v) is 15.3. The number of hydrogen-bond acceptors (Lipinski definition) is 5. The lowest BCUT2D eigenvalue weighted by Gasteiger charge is -2.24. The summed E-state index contributed by atoms with van der Waals surface area (Å²) in [5.74, 6) is 2.08. The van der Waals surface area contributed by atoms with E-state index in [1.54, 1.807) is 0 Å². The van der Waals surface area contributed by atoms with Gasteiger partial charge in [-0.2, -0.15) is 0 Å². The Morgan fingerprint density at radius 3 is 2.07 bits per heavy atom. The number of carbonyl (C=O) groups excluding carboxylic acids is 2. The summed E-state index contributed by atoms with van der Waals surface area (Å²) in [6.07, 6.45) is 9.78. The molecule has 0 aliphatic heterocycles. The minimum atomic E-state index is 0.109. The van der Waals surface area contributed by atoms with Crippen molar-refractivity contribution in [3.63, 3.8) is 0 Å². The molecule has 7 heteroatoms. The molecule has 238 valence electrons. The van der Waals surface area contributed by atoms with Crippen LogP contribution in [0.4, 0.5) is 5.95 Å². The molecule has 0 unspecified atom stereocenters. The number of rotatable bonds is 12. The van der Waals surface area contributed by atoms with Gasteiger partial charge in [-0.05, 0) is 97.3 Å². The number of nitrogens with one attached hydrogen (secondary N) is 1. The number of imidazole rings is 1. The maximum absolute atomic E-state index is 13.4. The van der Waals surface area contributed by atoms with Crippen molar-refractivity contribution in [2.75, 3.05) is 39.5 Å². The van der Waals surface area contributed by atoms with E-state index in [2.05, 4.69) is 39.6 Å². The lowest BCUT2D eigenvalue weighted by atomic mass is 10.1. The molecule has 2 aromatic rings. The number of carbonyl (C=O) groups is 2. The van der Waals surface area contributed by atoms with Crippen LogP contribution >= 0.6 is 0 Å². The number of nitrogens with zero attached hydrogens (tertiary/aromatic N) is 4. The maximum Gasteiger partial charge on any atom is 0.253 e. The highest BCUT2D eigenvalue weighted by atomic mass is 16.2. The van der Waals surface area contributed by atoms with Gasteiger partial charge in [0.15, 0.2) is 0 Å². The second-order valence-electron chi connectivity index (χ2n) is 11.4. The van der Waals surface area contributed by atoms with Crippen LogP contribution in [0.5, 0.6) is 0 Å². The Balaban J connectivity index is 0. The van der Waals surface area contributed by atoms with Crippen molar-refractivity contribution in [1.82, 2.24) is 19.4 Å².